The Balaban J connectivity index is 1.87. The number of likely N-dealkylation sites (N-methyl/N-ethyl adjacent to an activating group) is 1. The number of rotatable bonds is 5. The van der Waals surface area contributed by atoms with Gasteiger partial charge in [-0.25, -0.2) is 13.1 Å². The summed E-state index contributed by atoms with van der Waals surface area (Å²) in [5.74, 6) is 0. The third kappa shape index (κ3) is 5.03. The number of nitriles is 1. The Morgan fingerprint density at radius 3 is 2.52 bits per heavy atom. The molecule has 3 rings (SSSR count). The van der Waals surface area contributed by atoms with Crippen molar-refractivity contribution >= 4 is 10.0 Å². The van der Waals surface area contributed by atoms with Crippen LogP contribution in [0.3, 0.4) is 0 Å². The van der Waals surface area contributed by atoms with Gasteiger partial charge in [0.25, 0.3) is 0 Å². The average Bonchev–Trinajstić information content (AvgIpc) is 2.92. The highest BCUT2D eigenvalue weighted by Crippen LogP contribution is 2.29. The lowest BCUT2D eigenvalue weighted by Gasteiger charge is -2.20. The first kappa shape index (κ1) is 21.5. The Bertz CT molecular complexity index is 1030. The van der Waals surface area contributed by atoms with E-state index in [9.17, 15) is 13.7 Å². The topological polar surface area (TPSA) is 76.4 Å². The molecule has 0 aromatic heterocycles. The standard InChI is InChI=1S/C22H28N4O2S/c1-17-13-20(29(27,28)24-2)6-8-21(17)22-7-5-18(14-19(22)15-23)16-26-10-4-9-25(3)11-12-26/h5-8,13-14,24H,4,9-12,16H2,1-3H3. The fraction of sp³-hybridized carbons (Fsp3) is 0.409. The zero-order chi connectivity index (χ0) is 21.0. The fourth-order valence-electron chi connectivity index (χ4n) is 3.76. The molecule has 2 aromatic rings. The lowest BCUT2D eigenvalue weighted by molar-refractivity contribution is 0.269. The molecule has 2 aromatic carbocycles. The molecule has 1 aliphatic heterocycles. The van der Waals surface area contributed by atoms with Crippen molar-refractivity contribution in [2.24, 2.45) is 0 Å². The average molecular weight is 413 g/mol. The zero-order valence-electron chi connectivity index (χ0n) is 17.3. The van der Waals surface area contributed by atoms with Crippen molar-refractivity contribution in [2.45, 2.75) is 24.8 Å². The van der Waals surface area contributed by atoms with Crippen molar-refractivity contribution in [2.75, 3.05) is 40.3 Å². The van der Waals surface area contributed by atoms with Crippen LogP contribution in [0.25, 0.3) is 11.1 Å². The van der Waals surface area contributed by atoms with Crippen LogP contribution in [-0.2, 0) is 16.6 Å². The second-order valence-electron chi connectivity index (χ2n) is 7.61. The zero-order valence-corrected chi connectivity index (χ0v) is 18.1. The molecule has 0 unspecified atom stereocenters. The Morgan fingerprint density at radius 1 is 1.07 bits per heavy atom. The predicted octanol–water partition coefficient (Wildman–Crippen LogP) is 2.58. The highest BCUT2D eigenvalue weighted by molar-refractivity contribution is 7.89. The summed E-state index contributed by atoms with van der Waals surface area (Å²) in [6, 6.07) is 13.3. The van der Waals surface area contributed by atoms with Gasteiger partial charge in [0.15, 0.2) is 0 Å². The molecule has 1 saturated heterocycles. The van der Waals surface area contributed by atoms with Crippen LogP contribution in [0.1, 0.15) is 23.1 Å². The normalized spacial score (nSPS) is 16.3. The van der Waals surface area contributed by atoms with Crippen molar-refractivity contribution < 1.29 is 8.42 Å². The fourth-order valence-corrected chi connectivity index (χ4v) is 4.57. The van der Waals surface area contributed by atoms with Crippen LogP contribution >= 0.6 is 0 Å². The lowest BCUT2D eigenvalue weighted by Crippen LogP contribution is -2.28. The molecule has 1 N–H and O–H groups in total. The highest BCUT2D eigenvalue weighted by Gasteiger charge is 2.16. The van der Waals surface area contributed by atoms with Crippen LogP contribution in [0.2, 0.25) is 0 Å². The van der Waals surface area contributed by atoms with E-state index < -0.39 is 10.0 Å². The monoisotopic (exact) mass is 412 g/mol. The quantitative estimate of drug-likeness (QED) is 0.817. The Morgan fingerprint density at radius 2 is 1.83 bits per heavy atom. The summed E-state index contributed by atoms with van der Waals surface area (Å²) in [5.41, 5.74) is 4.27. The smallest absolute Gasteiger partial charge is 0.240 e. The lowest BCUT2D eigenvalue weighted by atomic mass is 9.95. The van der Waals surface area contributed by atoms with E-state index in [1.54, 1.807) is 18.2 Å². The van der Waals surface area contributed by atoms with Gasteiger partial charge in [0.2, 0.25) is 10.0 Å². The Labute approximate surface area is 173 Å². The molecule has 6 nitrogen and oxygen atoms in total. The van der Waals surface area contributed by atoms with Crippen LogP contribution in [0.5, 0.6) is 0 Å². The summed E-state index contributed by atoms with van der Waals surface area (Å²) in [7, 11) is 0.0612. The molecule has 0 radical (unpaired) electrons. The van der Waals surface area contributed by atoms with E-state index >= 15 is 0 Å². The minimum absolute atomic E-state index is 0.225. The first-order chi connectivity index (χ1) is 13.8. The van der Waals surface area contributed by atoms with Gasteiger partial charge in [0.1, 0.15) is 0 Å². The number of aryl methyl sites for hydroxylation is 1. The summed E-state index contributed by atoms with van der Waals surface area (Å²) in [6.45, 7) is 6.98. The summed E-state index contributed by atoms with van der Waals surface area (Å²) in [5, 5.41) is 9.73. The molecular formula is C22H28N4O2S. The third-order valence-corrected chi connectivity index (χ3v) is 6.90. The maximum Gasteiger partial charge on any atom is 0.240 e. The van der Waals surface area contributed by atoms with Gasteiger partial charge in [0, 0.05) is 19.6 Å². The molecular weight excluding hydrogens is 384 g/mol. The van der Waals surface area contributed by atoms with Gasteiger partial charge in [-0.2, -0.15) is 5.26 Å². The van der Waals surface area contributed by atoms with Crippen molar-refractivity contribution in [3.8, 4) is 17.2 Å². The van der Waals surface area contributed by atoms with Gasteiger partial charge in [-0.1, -0.05) is 18.2 Å². The van der Waals surface area contributed by atoms with Gasteiger partial charge in [-0.3, -0.25) is 4.90 Å². The summed E-state index contributed by atoms with van der Waals surface area (Å²) < 4.78 is 26.4. The number of hydrogen-bond acceptors (Lipinski definition) is 5. The molecule has 0 amide bonds. The maximum atomic E-state index is 12.0. The molecule has 0 saturated carbocycles. The second kappa shape index (κ2) is 9.06. The van der Waals surface area contributed by atoms with Gasteiger partial charge in [-0.05, 0) is 81.0 Å². The van der Waals surface area contributed by atoms with Crippen LogP contribution in [0, 0.1) is 18.3 Å². The van der Waals surface area contributed by atoms with Crippen LogP contribution in [0.4, 0.5) is 0 Å². The molecule has 29 heavy (non-hydrogen) atoms. The van der Waals surface area contributed by atoms with Crippen LogP contribution in [0.15, 0.2) is 41.3 Å². The van der Waals surface area contributed by atoms with Gasteiger partial charge in [0.05, 0.1) is 16.5 Å². The summed E-state index contributed by atoms with van der Waals surface area (Å²) >= 11 is 0. The van der Waals surface area contributed by atoms with Gasteiger partial charge < -0.3 is 4.90 Å². The van der Waals surface area contributed by atoms with Crippen molar-refractivity contribution in [1.29, 1.82) is 5.26 Å². The van der Waals surface area contributed by atoms with Gasteiger partial charge >= 0.3 is 0 Å². The molecule has 154 valence electrons. The van der Waals surface area contributed by atoms with Crippen molar-refractivity contribution in [3.05, 3.63) is 53.1 Å². The van der Waals surface area contributed by atoms with E-state index in [4.69, 9.17) is 0 Å². The first-order valence-electron chi connectivity index (χ1n) is 9.82. The van der Waals surface area contributed by atoms with E-state index in [0.29, 0.717) is 5.56 Å². The van der Waals surface area contributed by atoms with Crippen molar-refractivity contribution in [1.82, 2.24) is 14.5 Å². The number of sulfonamides is 1. The SMILES string of the molecule is CNS(=O)(=O)c1ccc(-c2ccc(CN3CCCN(C)CC3)cc2C#N)c(C)c1. The predicted molar refractivity (Wildman–Crippen MR) is 115 cm³/mol. The van der Waals surface area contributed by atoms with E-state index in [2.05, 4.69) is 33.7 Å². The minimum atomic E-state index is -3.49. The van der Waals surface area contributed by atoms with Gasteiger partial charge in [-0.15, -0.1) is 0 Å². The Kier molecular flexibility index (Phi) is 6.70. The Hall–Kier alpha value is -2.24. The third-order valence-electron chi connectivity index (χ3n) is 5.49. The first-order valence-corrected chi connectivity index (χ1v) is 11.3. The molecule has 1 heterocycles. The minimum Gasteiger partial charge on any atom is -0.305 e. The largest absolute Gasteiger partial charge is 0.305 e. The molecule has 0 bridgehead atoms. The molecule has 0 atom stereocenters. The van der Waals surface area contributed by atoms with E-state index in [1.807, 2.05) is 19.1 Å². The number of nitrogens with one attached hydrogen (secondary N) is 1. The van der Waals surface area contributed by atoms with E-state index in [1.165, 1.54) is 7.05 Å². The van der Waals surface area contributed by atoms with Crippen LogP contribution in [-0.4, -0.2) is 58.5 Å². The molecule has 0 aliphatic carbocycles. The number of nitrogens with zero attached hydrogens (tertiary/aromatic N) is 3. The highest BCUT2D eigenvalue weighted by atomic mass is 32.2. The molecule has 1 fully saturated rings. The second-order valence-corrected chi connectivity index (χ2v) is 9.50. The summed E-state index contributed by atoms with van der Waals surface area (Å²) in [4.78, 5) is 5.01. The summed E-state index contributed by atoms with van der Waals surface area (Å²) in [6.07, 6.45) is 1.15. The molecule has 7 heteroatoms. The molecule has 0 spiro atoms. The number of hydrogen-bond donors (Lipinski definition) is 1. The number of benzene rings is 2. The molecule has 1 aliphatic rings. The van der Waals surface area contributed by atoms with Crippen molar-refractivity contribution in [3.63, 3.8) is 0 Å². The maximum absolute atomic E-state index is 12.0. The van der Waals surface area contributed by atoms with E-state index in [-0.39, 0.29) is 4.90 Å². The van der Waals surface area contributed by atoms with Crippen LogP contribution < -0.4 is 4.72 Å². The van der Waals surface area contributed by atoms with E-state index in [0.717, 1.165) is 61.4 Å².